The Hall–Kier alpha value is -2.08. The number of hydrogen-bond acceptors (Lipinski definition) is 4. The van der Waals surface area contributed by atoms with Crippen LogP contribution in [0, 0.1) is 6.92 Å². The minimum absolute atomic E-state index is 0.421. The molecule has 0 unspecified atom stereocenters. The Morgan fingerprint density at radius 3 is 2.75 bits per heavy atom. The largest absolute Gasteiger partial charge is 0.351 e. The molecule has 1 aromatic carbocycles. The maximum atomic E-state index is 11.6. The highest BCUT2D eigenvalue weighted by Gasteiger charge is 2.17. The number of urea groups is 1. The minimum Gasteiger partial charge on any atom is -0.351 e. The van der Waals surface area contributed by atoms with Gasteiger partial charge in [-0.25, -0.2) is 9.78 Å². The molecule has 0 bridgehead atoms. The fourth-order valence-electron chi connectivity index (χ4n) is 1.84. The average molecular weight is 289 g/mol. The molecule has 0 aliphatic rings. The molecule has 1 aromatic heterocycles. The number of aromatic nitrogens is 1. The third-order valence-corrected chi connectivity index (χ3v) is 3.83. The Kier molecular flexibility index (Phi) is 4.24. The van der Waals surface area contributed by atoms with Crippen LogP contribution in [0.2, 0.25) is 0 Å². The smallest absolute Gasteiger partial charge is 0.318 e. The molecule has 1 heterocycles. The highest BCUT2D eigenvalue weighted by Crippen LogP contribution is 2.26. The molecule has 1 atom stereocenters. The summed E-state index contributed by atoms with van der Waals surface area (Å²) in [6, 6.07) is 8.92. The van der Waals surface area contributed by atoms with Gasteiger partial charge in [-0.05, 0) is 31.5 Å². The van der Waals surface area contributed by atoms with E-state index < -0.39 is 17.2 Å². The summed E-state index contributed by atoms with van der Waals surface area (Å²) in [5.41, 5.74) is 6.91. The summed E-state index contributed by atoms with van der Waals surface area (Å²) >= 11 is 1.29. The number of aryl methyl sites for hydroxylation is 1. The summed E-state index contributed by atoms with van der Waals surface area (Å²) < 4.78 is 0. The summed E-state index contributed by atoms with van der Waals surface area (Å²) in [4.78, 5) is 26.8. The summed E-state index contributed by atoms with van der Waals surface area (Å²) in [6.45, 7) is 3.71. The number of nitrogens with one attached hydrogen (secondary N) is 1. The van der Waals surface area contributed by atoms with Crippen LogP contribution in [0.5, 0.6) is 0 Å². The standard InChI is InChI=1S/C14H15N3O2S/c1-8-7-12(16-11-6-4-3-5-10(8)11)20-9(2)13(18)17-14(15)19/h3-7,9H,1-2H3,(H3,15,17,18,19)/t9-/m1/s1. The second kappa shape index (κ2) is 5.92. The van der Waals surface area contributed by atoms with Gasteiger partial charge in [0, 0.05) is 5.39 Å². The first kappa shape index (κ1) is 14.3. The van der Waals surface area contributed by atoms with E-state index in [-0.39, 0.29) is 0 Å². The average Bonchev–Trinajstić information content (AvgIpc) is 2.38. The second-order valence-corrected chi connectivity index (χ2v) is 5.77. The lowest BCUT2D eigenvalue weighted by molar-refractivity contribution is -0.119. The van der Waals surface area contributed by atoms with Gasteiger partial charge < -0.3 is 5.73 Å². The zero-order valence-corrected chi connectivity index (χ0v) is 12.0. The molecular formula is C14H15N3O2S. The van der Waals surface area contributed by atoms with E-state index in [0.29, 0.717) is 0 Å². The lowest BCUT2D eigenvalue weighted by Gasteiger charge is -2.11. The summed E-state index contributed by atoms with van der Waals surface area (Å²) in [6.07, 6.45) is 0. The van der Waals surface area contributed by atoms with E-state index in [0.717, 1.165) is 21.5 Å². The lowest BCUT2D eigenvalue weighted by Crippen LogP contribution is -2.39. The molecule has 3 N–H and O–H groups in total. The number of para-hydroxylation sites is 1. The Bertz CT molecular complexity index is 673. The monoisotopic (exact) mass is 289 g/mol. The van der Waals surface area contributed by atoms with Crippen LogP contribution in [0.3, 0.4) is 0 Å². The third-order valence-electron chi connectivity index (χ3n) is 2.81. The molecule has 20 heavy (non-hydrogen) atoms. The van der Waals surface area contributed by atoms with E-state index in [9.17, 15) is 9.59 Å². The molecule has 104 valence electrons. The number of amides is 3. The molecule has 0 spiro atoms. The first-order chi connectivity index (χ1) is 9.47. The fraction of sp³-hybridized carbons (Fsp3) is 0.214. The molecule has 5 nitrogen and oxygen atoms in total. The van der Waals surface area contributed by atoms with Crippen LogP contribution in [-0.4, -0.2) is 22.2 Å². The van der Waals surface area contributed by atoms with Crippen molar-refractivity contribution in [3.63, 3.8) is 0 Å². The van der Waals surface area contributed by atoms with Gasteiger partial charge in [0.1, 0.15) is 0 Å². The van der Waals surface area contributed by atoms with Gasteiger partial charge in [0.2, 0.25) is 5.91 Å². The number of nitrogens with zero attached hydrogens (tertiary/aromatic N) is 1. The molecule has 3 amide bonds. The van der Waals surface area contributed by atoms with Gasteiger partial charge in [0.25, 0.3) is 0 Å². The van der Waals surface area contributed by atoms with Crippen LogP contribution in [0.15, 0.2) is 35.4 Å². The Morgan fingerprint density at radius 1 is 1.35 bits per heavy atom. The fourth-order valence-corrected chi connectivity index (χ4v) is 2.76. The maximum Gasteiger partial charge on any atom is 0.318 e. The topological polar surface area (TPSA) is 85.1 Å². The molecule has 6 heteroatoms. The van der Waals surface area contributed by atoms with Crippen LogP contribution in [0.4, 0.5) is 4.79 Å². The molecular weight excluding hydrogens is 274 g/mol. The molecule has 0 aliphatic heterocycles. The molecule has 2 aromatic rings. The number of pyridine rings is 1. The molecule has 0 aliphatic carbocycles. The number of nitrogens with two attached hydrogens (primary N) is 1. The molecule has 0 fully saturated rings. The van der Waals surface area contributed by atoms with Crippen molar-refractivity contribution in [1.82, 2.24) is 10.3 Å². The predicted octanol–water partition coefficient (Wildman–Crippen LogP) is 2.22. The Balaban J connectivity index is 2.21. The first-order valence-electron chi connectivity index (χ1n) is 6.10. The quantitative estimate of drug-likeness (QED) is 0.848. The van der Waals surface area contributed by atoms with Crippen molar-refractivity contribution in [2.45, 2.75) is 24.1 Å². The van der Waals surface area contributed by atoms with Crippen LogP contribution in [-0.2, 0) is 4.79 Å². The van der Waals surface area contributed by atoms with Gasteiger partial charge in [-0.2, -0.15) is 0 Å². The number of primary amides is 1. The van der Waals surface area contributed by atoms with Crippen molar-refractivity contribution in [1.29, 1.82) is 0 Å². The van der Waals surface area contributed by atoms with Gasteiger partial charge in [0.15, 0.2) is 0 Å². The zero-order chi connectivity index (χ0) is 14.7. The van der Waals surface area contributed by atoms with Crippen LogP contribution < -0.4 is 11.1 Å². The summed E-state index contributed by atoms with van der Waals surface area (Å²) in [5.74, 6) is -0.421. The minimum atomic E-state index is -0.842. The number of imide groups is 1. The van der Waals surface area contributed by atoms with Gasteiger partial charge in [0.05, 0.1) is 15.8 Å². The SMILES string of the molecule is Cc1cc(S[C@H](C)C(=O)NC(N)=O)nc2ccccc12. The highest BCUT2D eigenvalue weighted by molar-refractivity contribution is 8.00. The molecule has 2 rings (SSSR count). The second-order valence-electron chi connectivity index (χ2n) is 4.41. The zero-order valence-electron chi connectivity index (χ0n) is 11.2. The summed E-state index contributed by atoms with van der Waals surface area (Å²) in [5, 5.41) is 3.45. The van der Waals surface area contributed by atoms with E-state index in [1.54, 1.807) is 6.92 Å². The highest BCUT2D eigenvalue weighted by atomic mass is 32.2. The van der Waals surface area contributed by atoms with Crippen molar-refractivity contribution in [3.05, 3.63) is 35.9 Å². The lowest BCUT2D eigenvalue weighted by atomic mass is 10.1. The number of benzene rings is 1. The van der Waals surface area contributed by atoms with Crippen molar-refractivity contribution in [2.75, 3.05) is 0 Å². The number of thioether (sulfide) groups is 1. The van der Waals surface area contributed by atoms with Gasteiger partial charge in [-0.15, -0.1) is 0 Å². The van der Waals surface area contributed by atoms with Crippen molar-refractivity contribution in [3.8, 4) is 0 Å². The number of hydrogen-bond donors (Lipinski definition) is 2. The Labute approximate surface area is 120 Å². The number of rotatable bonds is 3. The first-order valence-corrected chi connectivity index (χ1v) is 6.98. The Morgan fingerprint density at radius 2 is 2.05 bits per heavy atom. The molecule has 0 radical (unpaired) electrons. The van der Waals surface area contributed by atoms with Crippen molar-refractivity contribution < 1.29 is 9.59 Å². The van der Waals surface area contributed by atoms with Crippen LogP contribution >= 0.6 is 11.8 Å². The van der Waals surface area contributed by atoms with E-state index in [2.05, 4.69) is 10.3 Å². The third kappa shape index (κ3) is 3.27. The number of carbonyl (C=O) groups is 2. The van der Waals surface area contributed by atoms with Gasteiger partial charge in [-0.3, -0.25) is 10.1 Å². The predicted molar refractivity (Wildman–Crippen MR) is 79.5 cm³/mol. The summed E-state index contributed by atoms with van der Waals surface area (Å²) in [7, 11) is 0. The van der Waals surface area contributed by atoms with E-state index in [1.165, 1.54) is 11.8 Å². The van der Waals surface area contributed by atoms with Crippen molar-refractivity contribution >= 4 is 34.6 Å². The number of carbonyl (C=O) groups excluding carboxylic acids is 2. The van der Waals surface area contributed by atoms with E-state index in [4.69, 9.17) is 5.73 Å². The van der Waals surface area contributed by atoms with Gasteiger partial charge >= 0.3 is 6.03 Å². The molecule has 0 saturated carbocycles. The maximum absolute atomic E-state index is 11.6. The van der Waals surface area contributed by atoms with E-state index >= 15 is 0 Å². The normalized spacial score (nSPS) is 12.1. The molecule has 0 saturated heterocycles. The van der Waals surface area contributed by atoms with E-state index in [1.807, 2.05) is 37.3 Å². The van der Waals surface area contributed by atoms with Crippen LogP contribution in [0.1, 0.15) is 12.5 Å². The van der Waals surface area contributed by atoms with Crippen molar-refractivity contribution in [2.24, 2.45) is 5.73 Å². The van der Waals surface area contributed by atoms with Gasteiger partial charge in [-0.1, -0.05) is 30.0 Å². The number of fused-ring (bicyclic) bond motifs is 1. The van der Waals surface area contributed by atoms with Crippen LogP contribution in [0.25, 0.3) is 10.9 Å².